The van der Waals surface area contributed by atoms with E-state index >= 15 is 0 Å². The quantitative estimate of drug-likeness (QED) is 0.729. The van der Waals surface area contributed by atoms with Gasteiger partial charge in [0.2, 0.25) is 0 Å². The van der Waals surface area contributed by atoms with E-state index in [-0.39, 0.29) is 6.42 Å². The topological polar surface area (TPSA) is 4.93 Å². The van der Waals surface area contributed by atoms with E-state index in [1.807, 2.05) is 31.5 Å². The van der Waals surface area contributed by atoms with Crippen LogP contribution in [0.1, 0.15) is 29.7 Å². The first-order valence-electron chi connectivity index (χ1n) is 5.01. The van der Waals surface area contributed by atoms with Crippen LogP contribution in [0.5, 0.6) is 0 Å². The highest BCUT2D eigenvalue weighted by Gasteiger charge is 2.26. The predicted molar refractivity (Wildman–Crippen MR) is 53.9 cm³/mol. The van der Waals surface area contributed by atoms with Gasteiger partial charge in [0.25, 0.3) is 0 Å². The van der Waals surface area contributed by atoms with Gasteiger partial charge in [0.15, 0.2) is 0 Å². The van der Waals surface area contributed by atoms with E-state index < -0.39 is 12.6 Å². The molecule has 0 N–H and O–H groups in total. The molecule has 4 heteroatoms. The molecule has 1 rings (SSSR count). The maximum Gasteiger partial charge on any atom is 0.389 e. The second-order valence-corrected chi connectivity index (χ2v) is 3.93. The molecule has 15 heavy (non-hydrogen) atoms. The maximum atomic E-state index is 11.9. The minimum Gasteiger partial charge on any atom is -0.351 e. The number of rotatable bonds is 3. The van der Waals surface area contributed by atoms with Crippen LogP contribution in [0.3, 0.4) is 0 Å². The maximum absolute atomic E-state index is 11.9. The van der Waals surface area contributed by atoms with Gasteiger partial charge in [-0.3, -0.25) is 0 Å². The minimum absolute atomic E-state index is 0.151. The minimum atomic E-state index is -4.04. The van der Waals surface area contributed by atoms with E-state index in [1.165, 1.54) is 5.56 Å². The molecule has 86 valence electrons. The first-order chi connectivity index (χ1) is 6.81. The Hall–Kier alpha value is -0.930. The molecular formula is C11H16F3N. The van der Waals surface area contributed by atoms with Crippen molar-refractivity contribution in [3.05, 3.63) is 23.0 Å². The largest absolute Gasteiger partial charge is 0.389 e. The fraction of sp³-hybridized carbons (Fsp3) is 0.636. The standard InChI is InChI=1S/C11H16F3N/c1-8-7-15(10(3)9(8)2)6-4-5-11(12,13)14/h7H,4-6H2,1-3H3. The van der Waals surface area contributed by atoms with Crippen LogP contribution in [-0.4, -0.2) is 10.7 Å². The molecule has 0 aliphatic heterocycles. The van der Waals surface area contributed by atoms with Gasteiger partial charge < -0.3 is 4.57 Å². The summed E-state index contributed by atoms with van der Waals surface area (Å²) in [5.74, 6) is 0. The first kappa shape index (κ1) is 12.1. The molecule has 0 aromatic carbocycles. The van der Waals surface area contributed by atoms with E-state index in [1.54, 1.807) is 0 Å². The van der Waals surface area contributed by atoms with Gasteiger partial charge in [-0.2, -0.15) is 13.2 Å². The van der Waals surface area contributed by atoms with Gasteiger partial charge in [0, 0.05) is 24.9 Å². The van der Waals surface area contributed by atoms with Gasteiger partial charge in [-0.1, -0.05) is 0 Å². The van der Waals surface area contributed by atoms with Crippen molar-refractivity contribution in [2.24, 2.45) is 0 Å². The van der Waals surface area contributed by atoms with Crippen molar-refractivity contribution >= 4 is 0 Å². The highest BCUT2D eigenvalue weighted by atomic mass is 19.4. The third-order valence-corrected chi connectivity index (χ3v) is 2.77. The summed E-state index contributed by atoms with van der Waals surface area (Å²) in [6.07, 6.45) is -2.67. The molecular weight excluding hydrogens is 203 g/mol. The lowest BCUT2D eigenvalue weighted by Crippen LogP contribution is -2.09. The third-order valence-electron chi connectivity index (χ3n) is 2.77. The van der Waals surface area contributed by atoms with Crippen LogP contribution < -0.4 is 0 Å². The second-order valence-electron chi connectivity index (χ2n) is 3.93. The third kappa shape index (κ3) is 3.29. The summed E-state index contributed by atoms with van der Waals surface area (Å²) >= 11 is 0. The average Bonchev–Trinajstić information content (AvgIpc) is 2.32. The van der Waals surface area contributed by atoms with Crippen molar-refractivity contribution in [1.29, 1.82) is 0 Å². The van der Waals surface area contributed by atoms with Crippen molar-refractivity contribution in [2.75, 3.05) is 0 Å². The number of alkyl halides is 3. The van der Waals surface area contributed by atoms with E-state index in [0.717, 1.165) is 11.3 Å². The molecule has 0 aliphatic carbocycles. The molecule has 0 fully saturated rings. The zero-order valence-corrected chi connectivity index (χ0v) is 9.28. The van der Waals surface area contributed by atoms with Crippen LogP contribution in [0, 0.1) is 20.8 Å². The smallest absolute Gasteiger partial charge is 0.351 e. The SMILES string of the molecule is Cc1cn(CCCC(F)(F)F)c(C)c1C. The highest BCUT2D eigenvalue weighted by molar-refractivity contribution is 5.28. The van der Waals surface area contributed by atoms with Crippen LogP contribution in [0.4, 0.5) is 13.2 Å². The average molecular weight is 219 g/mol. The van der Waals surface area contributed by atoms with Crippen molar-refractivity contribution < 1.29 is 13.2 Å². The molecule has 0 amide bonds. The molecule has 0 radical (unpaired) electrons. The van der Waals surface area contributed by atoms with E-state index in [9.17, 15) is 13.2 Å². The molecule has 1 aromatic heterocycles. The number of halogens is 3. The lowest BCUT2D eigenvalue weighted by atomic mass is 10.2. The first-order valence-corrected chi connectivity index (χ1v) is 5.01. The monoisotopic (exact) mass is 219 g/mol. The van der Waals surface area contributed by atoms with Crippen LogP contribution in [0.15, 0.2) is 6.20 Å². The number of hydrogen-bond acceptors (Lipinski definition) is 0. The van der Waals surface area contributed by atoms with Crippen molar-refractivity contribution in [3.8, 4) is 0 Å². The molecule has 0 saturated carbocycles. The van der Waals surface area contributed by atoms with Crippen molar-refractivity contribution in [3.63, 3.8) is 0 Å². The summed E-state index contributed by atoms with van der Waals surface area (Å²) in [5.41, 5.74) is 3.37. The van der Waals surface area contributed by atoms with Crippen LogP contribution in [0.2, 0.25) is 0 Å². The molecule has 0 spiro atoms. The van der Waals surface area contributed by atoms with Gasteiger partial charge in [0.1, 0.15) is 0 Å². The lowest BCUT2D eigenvalue weighted by Gasteiger charge is -2.08. The summed E-state index contributed by atoms with van der Waals surface area (Å²) in [6, 6.07) is 0. The zero-order valence-electron chi connectivity index (χ0n) is 9.28. The van der Waals surface area contributed by atoms with Gasteiger partial charge in [-0.15, -0.1) is 0 Å². The second kappa shape index (κ2) is 4.29. The van der Waals surface area contributed by atoms with Crippen LogP contribution in [-0.2, 0) is 6.54 Å². The Morgan fingerprint density at radius 3 is 2.20 bits per heavy atom. The molecule has 0 atom stereocenters. The number of hydrogen-bond donors (Lipinski definition) is 0. The van der Waals surface area contributed by atoms with Gasteiger partial charge in [-0.05, 0) is 38.3 Å². The summed E-state index contributed by atoms with van der Waals surface area (Å²) in [4.78, 5) is 0. The Balaban J connectivity index is 2.55. The summed E-state index contributed by atoms with van der Waals surface area (Å²) in [5, 5.41) is 0. The number of aromatic nitrogens is 1. The molecule has 1 aromatic rings. The van der Waals surface area contributed by atoms with Crippen LogP contribution in [0.25, 0.3) is 0 Å². The van der Waals surface area contributed by atoms with Crippen LogP contribution >= 0.6 is 0 Å². The van der Waals surface area contributed by atoms with Gasteiger partial charge in [0.05, 0.1) is 0 Å². The molecule has 0 unspecified atom stereocenters. The number of nitrogens with zero attached hydrogens (tertiary/aromatic N) is 1. The number of aryl methyl sites for hydroxylation is 2. The molecule has 0 saturated heterocycles. The Morgan fingerprint density at radius 1 is 1.20 bits per heavy atom. The normalized spacial score (nSPS) is 12.1. The molecule has 0 aliphatic rings. The fourth-order valence-electron chi connectivity index (χ4n) is 1.61. The van der Waals surface area contributed by atoms with E-state index in [4.69, 9.17) is 0 Å². The summed E-state index contributed by atoms with van der Waals surface area (Å²) in [7, 11) is 0. The lowest BCUT2D eigenvalue weighted by molar-refractivity contribution is -0.135. The molecule has 0 bridgehead atoms. The van der Waals surface area contributed by atoms with E-state index in [2.05, 4.69) is 0 Å². The summed E-state index contributed by atoms with van der Waals surface area (Å²) in [6.45, 7) is 6.35. The highest BCUT2D eigenvalue weighted by Crippen LogP contribution is 2.22. The molecule has 1 heterocycles. The Kier molecular flexibility index (Phi) is 3.47. The predicted octanol–water partition coefficient (Wildman–Crippen LogP) is 3.76. The molecule has 1 nitrogen and oxygen atoms in total. The van der Waals surface area contributed by atoms with Crippen molar-refractivity contribution in [2.45, 2.75) is 46.3 Å². The van der Waals surface area contributed by atoms with Crippen molar-refractivity contribution in [1.82, 2.24) is 4.57 Å². The Bertz CT molecular complexity index is 336. The van der Waals surface area contributed by atoms with Gasteiger partial charge in [-0.25, -0.2) is 0 Å². The zero-order chi connectivity index (χ0) is 11.6. The van der Waals surface area contributed by atoms with E-state index in [0.29, 0.717) is 6.54 Å². The Labute approximate surface area is 87.9 Å². The van der Waals surface area contributed by atoms with Gasteiger partial charge >= 0.3 is 6.18 Å². The summed E-state index contributed by atoms with van der Waals surface area (Å²) < 4.78 is 37.7. The Morgan fingerprint density at radius 2 is 1.80 bits per heavy atom. The fourth-order valence-corrected chi connectivity index (χ4v) is 1.61.